The molecule has 2 aliphatic rings. The molecule has 2 amide bonds. The van der Waals surface area contributed by atoms with Crippen LogP contribution < -0.4 is 0 Å². The number of likely N-dealkylation sites (tertiary alicyclic amines) is 1. The number of hydrogen-bond acceptors (Lipinski definition) is 4. The lowest BCUT2D eigenvalue weighted by Crippen LogP contribution is -2.49. The van der Waals surface area contributed by atoms with Crippen LogP contribution in [0.1, 0.15) is 6.42 Å². The van der Waals surface area contributed by atoms with E-state index < -0.39 is 0 Å². The summed E-state index contributed by atoms with van der Waals surface area (Å²) in [5, 5.41) is 9.01. The number of amides is 2. The summed E-state index contributed by atoms with van der Waals surface area (Å²) in [4.78, 5) is 26.8. The molecule has 0 saturated carbocycles. The van der Waals surface area contributed by atoms with Crippen molar-refractivity contribution in [2.45, 2.75) is 12.5 Å². The Kier molecular flexibility index (Phi) is 3.63. The maximum absolute atomic E-state index is 12.2. The number of nitrogens with zero attached hydrogens (tertiary/aromatic N) is 2. The van der Waals surface area contributed by atoms with E-state index in [4.69, 9.17) is 9.84 Å². The first-order valence-corrected chi connectivity index (χ1v) is 5.87. The van der Waals surface area contributed by atoms with Crippen LogP contribution in [-0.2, 0) is 14.3 Å². The lowest BCUT2D eigenvalue weighted by atomic mass is 10.1. The summed E-state index contributed by atoms with van der Waals surface area (Å²) in [7, 11) is 1.71. The third-order valence-corrected chi connectivity index (χ3v) is 3.34. The van der Waals surface area contributed by atoms with E-state index in [1.54, 1.807) is 16.8 Å². The number of aliphatic hydroxyl groups is 1. The van der Waals surface area contributed by atoms with Gasteiger partial charge < -0.3 is 19.6 Å². The van der Waals surface area contributed by atoms with Gasteiger partial charge >= 0.3 is 0 Å². The lowest BCUT2D eigenvalue weighted by molar-refractivity contribution is -0.144. The Balaban J connectivity index is 1.93. The Labute approximate surface area is 100 Å². The Morgan fingerprint density at radius 2 is 2.29 bits per heavy atom. The van der Waals surface area contributed by atoms with Gasteiger partial charge in [0.2, 0.25) is 11.8 Å². The van der Waals surface area contributed by atoms with Crippen LogP contribution in [0.2, 0.25) is 0 Å². The first-order chi connectivity index (χ1) is 8.11. The minimum Gasteiger partial charge on any atom is -0.394 e. The van der Waals surface area contributed by atoms with E-state index in [9.17, 15) is 9.59 Å². The van der Waals surface area contributed by atoms with Crippen LogP contribution in [0.4, 0.5) is 0 Å². The van der Waals surface area contributed by atoms with E-state index in [0.717, 1.165) is 0 Å². The van der Waals surface area contributed by atoms with Gasteiger partial charge in [-0.15, -0.1) is 0 Å². The van der Waals surface area contributed by atoms with E-state index in [1.807, 2.05) is 0 Å². The molecular weight excluding hydrogens is 224 g/mol. The quantitative estimate of drug-likeness (QED) is 0.652. The van der Waals surface area contributed by atoms with Gasteiger partial charge in [0, 0.05) is 33.1 Å². The molecule has 1 N–H and O–H groups in total. The van der Waals surface area contributed by atoms with Crippen molar-refractivity contribution in [2.24, 2.45) is 5.92 Å². The zero-order valence-corrected chi connectivity index (χ0v) is 9.96. The van der Waals surface area contributed by atoms with Crippen LogP contribution in [0.25, 0.3) is 0 Å². The van der Waals surface area contributed by atoms with E-state index in [1.165, 1.54) is 0 Å². The fraction of sp³-hybridized carbons (Fsp3) is 0.818. The summed E-state index contributed by atoms with van der Waals surface area (Å²) >= 11 is 0. The van der Waals surface area contributed by atoms with Crippen molar-refractivity contribution >= 4 is 11.8 Å². The average molecular weight is 242 g/mol. The third-order valence-electron chi connectivity index (χ3n) is 3.34. The second-order valence-electron chi connectivity index (χ2n) is 4.63. The van der Waals surface area contributed by atoms with Crippen molar-refractivity contribution in [1.29, 1.82) is 0 Å². The fourth-order valence-electron chi connectivity index (χ4n) is 2.32. The van der Waals surface area contributed by atoms with Crippen molar-refractivity contribution in [2.75, 3.05) is 39.9 Å². The Morgan fingerprint density at radius 3 is 2.88 bits per heavy atom. The Hall–Kier alpha value is -1.14. The molecule has 96 valence electrons. The zero-order chi connectivity index (χ0) is 12.4. The standard InChI is InChI=1S/C11H18N2O4/c1-12-5-8(4-10(12)15)11(16)13-2-3-17-9(6-13)7-14/h8-9,14H,2-7H2,1H3. The van der Waals surface area contributed by atoms with Crippen molar-refractivity contribution in [1.82, 2.24) is 9.80 Å². The van der Waals surface area contributed by atoms with E-state index >= 15 is 0 Å². The second kappa shape index (κ2) is 5.01. The number of rotatable bonds is 2. The largest absolute Gasteiger partial charge is 0.394 e. The molecule has 0 bridgehead atoms. The topological polar surface area (TPSA) is 70.1 Å². The van der Waals surface area contributed by atoms with Gasteiger partial charge in [0.25, 0.3) is 0 Å². The first kappa shape index (κ1) is 12.3. The van der Waals surface area contributed by atoms with Gasteiger partial charge in [0.1, 0.15) is 0 Å². The molecule has 6 nitrogen and oxygen atoms in total. The third kappa shape index (κ3) is 2.58. The highest BCUT2D eigenvalue weighted by atomic mass is 16.5. The van der Waals surface area contributed by atoms with Crippen molar-refractivity contribution in [3.05, 3.63) is 0 Å². The van der Waals surface area contributed by atoms with Crippen LogP contribution >= 0.6 is 0 Å². The van der Waals surface area contributed by atoms with Crippen LogP contribution in [0, 0.1) is 5.92 Å². The molecule has 0 aromatic heterocycles. The van der Waals surface area contributed by atoms with Crippen LogP contribution in [0.5, 0.6) is 0 Å². The Morgan fingerprint density at radius 1 is 1.53 bits per heavy atom. The highest BCUT2D eigenvalue weighted by Gasteiger charge is 2.36. The number of ether oxygens (including phenoxy) is 1. The fourth-order valence-corrected chi connectivity index (χ4v) is 2.32. The number of hydrogen-bond donors (Lipinski definition) is 1. The maximum Gasteiger partial charge on any atom is 0.228 e. The van der Waals surface area contributed by atoms with Gasteiger partial charge in [-0.1, -0.05) is 0 Å². The minimum absolute atomic E-state index is 0.00412. The SMILES string of the molecule is CN1CC(C(=O)N2CCOC(CO)C2)CC1=O. The normalized spacial score (nSPS) is 29.9. The van der Waals surface area contributed by atoms with Crippen LogP contribution in [-0.4, -0.2) is 72.7 Å². The lowest BCUT2D eigenvalue weighted by Gasteiger charge is -2.33. The van der Waals surface area contributed by atoms with Crippen LogP contribution in [0.3, 0.4) is 0 Å². The van der Waals surface area contributed by atoms with Crippen molar-refractivity contribution < 1.29 is 19.4 Å². The van der Waals surface area contributed by atoms with Gasteiger partial charge in [-0.2, -0.15) is 0 Å². The smallest absolute Gasteiger partial charge is 0.228 e. The molecule has 17 heavy (non-hydrogen) atoms. The molecule has 2 atom stereocenters. The summed E-state index contributed by atoms with van der Waals surface area (Å²) < 4.78 is 5.29. The average Bonchev–Trinajstić information content (AvgIpc) is 2.69. The highest BCUT2D eigenvalue weighted by Crippen LogP contribution is 2.19. The predicted octanol–water partition coefficient (Wildman–Crippen LogP) is -1.32. The monoisotopic (exact) mass is 242 g/mol. The first-order valence-electron chi connectivity index (χ1n) is 5.87. The van der Waals surface area contributed by atoms with Gasteiger partial charge in [0.15, 0.2) is 0 Å². The maximum atomic E-state index is 12.2. The molecule has 0 radical (unpaired) electrons. The summed E-state index contributed by atoms with van der Waals surface area (Å²) in [6.07, 6.45) is 0.0127. The zero-order valence-electron chi connectivity index (χ0n) is 9.96. The Bertz CT molecular complexity index is 321. The summed E-state index contributed by atoms with van der Waals surface area (Å²) in [5.41, 5.74) is 0. The summed E-state index contributed by atoms with van der Waals surface area (Å²) in [5.74, 6) is -0.204. The summed E-state index contributed by atoms with van der Waals surface area (Å²) in [6.45, 7) is 1.84. The summed E-state index contributed by atoms with van der Waals surface area (Å²) in [6, 6.07) is 0. The highest BCUT2D eigenvalue weighted by molar-refractivity contribution is 5.89. The molecule has 2 aliphatic heterocycles. The van der Waals surface area contributed by atoms with Gasteiger partial charge in [-0.05, 0) is 0 Å². The molecule has 0 spiro atoms. The minimum atomic E-state index is -0.289. The number of morpholine rings is 1. The van der Waals surface area contributed by atoms with E-state index in [0.29, 0.717) is 32.7 Å². The number of carbonyl (C=O) groups excluding carboxylic acids is 2. The predicted molar refractivity (Wildman–Crippen MR) is 59.1 cm³/mol. The molecule has 2 heterocycles. The van der Waals surface area contributed by atoms with E-state index in [2.05, 4.69) is 0 Å². The van der Waals surface area contributed by atoms with Gasteiger partial charge in [-0.3, -0.25) is 9.59 Å². The van der Waals surface area contributed by atoms with Crippen molar-refractivity contribution in [3.63, 3.8) is 0 Å². The molecule has 2 rings (SSSR count). The number of carbonyl (C=O) groups is 2. The molecule has 2 unspecified atom stereocenters. The molecule has 0 aromatic carbocycles. The molecule has 0 aromatic rings. The molecular formula is C11H18N2O4. The molecule has 0 aliphatic carbocycles. The van der Waals surface area contributed by atoms with E-state index in [-0.39, 0.29) is 30.4 Å². The molecule has 2 saturated heterocycles. The second-order valence-corrected chi connectivity index (χ2v) is 4.63. The number of aliphatic hydroxyl groups excluding tert-OH is 1. The van der Waals surface area contributed by atoms with Crippen molar-refractivity contribution in [3.8, 4) is 0 Å². The molecule has 2 fully saturated rings. The van der Waals surface area contributed by atoms with Gasteiger partial charge in [0.05, 0.1) is 25.2 Å². The molecule has 6 heteroatoms. The van der Waals surface area contributed by atoms with Gasteiger partial charge in [-0.25, -0.2) is 0 Å². The van der Waals surface area contributed by atoms with Crippen LogP contribution in [0.15, 0.2) is 0 Å².